The maximum Gasteiger partial charge on any atom is 0.341 e. The van der Waals surface area contributed by atoms with Crippen molar-refractivity contribution in [3.63, 3.8) is 0 Å². The monoisotopic (exact) mass is 328 g/mol. The number of ether oxygens (including phenoxy) is 1. The molecule has 0 aliphatic rings. The normalized spacial score (nSPS) is 11.0. The summed E-state index contributed by atoms with van der Waals surface area (Å²) in [6.45, 7) is 5.74. The minimum atomic E-state index is -0.682. The van der Waals surface area contributed by atoms with Crippen LogP contribution in [0.15, 0.2) is 48.5 Å². The highest BCUT2D eigenvalue weighted by Crippen LogP contribution is 2.25. The third-order valence-electron chi connectivity index (χ3n) is 3.16. The molecule has 0 unspecified atom stereocenters. The Kier molecular flexibility index (Phi) is 5.18. The van der Waals surface area contributed by atoms with Crippen LogP contribution in [-0.4, -0.2) is 16.5 Å². The van der Waals surface area contributed by atoms with Gasteiger partial charge in [0.15, 0.2) is 0 Å². The number of benzene rings is 2. The zero-order valence-electron chi connectivity index (χ0n) is 13.9. The highest BCUT2D eigenvalue weighted by Gasteiger charge is 2.22. The van der Waals surface area contributed by atoms with Gasteiger partial charge in [-0.05, 0) is 32.4 Å². The lowest BCUT2D eigenvalue weighted by atomic mass is 10.1. The van der Waals surface area contributed by atoms with Gasteiger partial charge >= 0.3 is 5.97 Å². The van der Waals surface area contributed by atoms with Gasteiger partial charge < -0.3 is 10.1 Å². The van der Waals surface area contributed by atoms with Crippen LogP contribution in [0.5, 0.6) is 0 Å². The number of anilines is 1. The topological polar surface area (TPSA) is 81.5 Å². The van der Waals surface area contributed by atoms with E-state index in [1.54, 1.807) is 20.8 Å². The molecule has 2 aromatic rings. The largest absolute Gasteiger partial charge is 0.456 e. The van der Waals surface area contributed by atoms with Crippen molar-refractivity contribution in [2.24, 2.45) is 0 Å². The lowest BCUT2D eigenvalue weighted by molar-refractivity contribution is -0.384. The number of non-ortho nitro benzene ring substituents is 1. The Balaban J connectivity index is 2.28. The lowest BCUT2D eigenvalue weighted by Gasteiger charge is -2.20. The van der Waals surface area contributed by atoms with E-state index in [4.69, 9.17) is 4.74 Å². The van der Waals surface area contributed by atoms with Gasteiger partial charge in [-0.15, -0.1) is 0 Å². The first-order chi connectivity index (χ1) is 11.3. The zero-order chi connectivity index (χ0) is 17.7. The predicted octanol–water partition coefficient (Wildman–Crippen LogP) is 4.16. The van der Waals surface area contributed by atoms with Crippen LogP contribution in [0.25, 0.3) is 0 Å². The van der Waals surface area contributed by atoms with Crippen molar-refractivity contribution in [2.75, 3.05) is 5.32 Å². The minimum absolute atomic E-state index is 0.148. The summed E-state index contributed by atoms with van der Waals surface area (Å²) in [5.41, 5.74) is 0.846. The number of carbonyl (C=O) groups excluding carboxylic acids is 1. The summed E-state index contributed by atoms with van der Waals surface area (Å²) >= 11 is 0. The SMILES string of the molecule is CC(C)(C)OC(=O)c1cc([N+](=O)[O-])ccc1NCc1ccccc1. The molecule has 126 valence electrons. The molecule has 0 aliphatic heterocycles. The lowest BCUT2D eigenvalue weighted by Crippen LogP contribution is -2.24. The quantitative estimate of drug-likeness (QED) is 0.506. The first-order valence-corrected chi connectivity index (χ1v) is 7.56. The van der Waals surface area contributed by atoms with E-state index in [2.05, 4.69) is 5.32 Å². The second kappa shape index (κ2) is 7.12. The summed E-state index contributed by atoms with van der Waals surface area (Å²) in [4.78, 5) is 22.8. The second-order valence-corrected chi connectivity index (χ2v) is 6.33. The highest BCUT2D eigenvalue weighted by atomic mass is 16.6. The summed E-state index contributed by atoms with van der Waals surface area (Å²) in [7, 11) is 0. The molecule has 24 heavy (non-hydrogen) atoms. The fraction of sp³-hybridized carbons (Fsp3) is 0.278. The van der Waals surface area contributed by atoms with Crippen LogP contribution < -0.4 is 5.32 Å². The average molecular weight is 328 g/mol. The van der Waals surface area contributed by atoms with Crippen LogP contribution in [0.3, 0.4) is 0 Å². The van der Waals surface area contributed by atoms with Gasteiger partial charge in [0.2, 0.25) is 0 Å². The molecule has 2 aromatic carbocycles. The van der Waals surface area contributed by atoms with Crippen molar-refractivity contribution in [2.45, 2.75) is 32.9 Å². The molecule has 0 saturated heterocycles. The first kappa shape index (κ1) is 17.5. The van der Waals surface area contributed by atoms with Gasteiger partial charge in [0.25, 0.3) is 5.69 Å². The number of nitrogens with zero attached hydrogens (tertiary/aromatic N) is 1. The van der Waals surface area contributed by atoms with Crippen LogP contribution >= 0.6 is 0 Å². The Morgan fingerprint density at radius 2 is 1.83 bits per heavy atom. The van der Waals surface area contributed by atoms with E-state index in [0.717, 1.165) is 5.56 Å². The van der Waals surface area contributed by atoms with E-state index in [1.165, 1.54) is 18.2 Å². The third kappa shape index (κ3) is 4.81. The fourth-order valence-corrected chi connectivity index (χ4v) is 2.10. The molecule has 0 saturated carbocycles. The maximum absolute atomic E-state index is 12.4. The van der Waals surface area contributed by atoms with Crippen molar-refractivity contribution in [3.8, 4) is 0 Å². The Bertz CT molecular complexity index is 736. The number of hydrogen-bond donors (Lipinski definition) is 1. The van der Waals surface area contributed by atoms with Gasteiger partial charge in [0.1, 0.15) is 5.60 Å². The number of nitro benzene ring substituents is 1. The second-order valence-electron chi connectivity index (χ2n) is 6.33. The van der Waals surface area contributed by atoms with E-state index >= 15 is 0 Å². The molecular formula is C18H20N2O4. The number of hydrogen-bond acceptors (Lipinski definition) is 5. The number of carbonyl (C=O) groups is 1. The van der Waals surface area contributed by atoms with Crippen LogP contribution in [0.1, 0.15) is 36.7 Å². The zero-order valence-corrected chi connectivity index (χ0v) is 13.9. The highest BCUT2D eigenvalue weighted by molar-refractivity contribution is 5.96. The molecular weight excluding hydrogens is 308 g/mol. The Hall–Kier alpha value is -2.89. The summed E-state index contributed by atoms with van der Waals surface area (Å²) in [6, 6.07) is 13.8. The third-order valence-corrected chi connectivity index (χ3v) is 3.16. The van der Waals surface area contributed by atoms with Gasteiger partial charge in [-0.25, -0.2) is 4.79 Å². The van der Waals surface area contributed by atoms with Crippen LogP contribution in [0.4, 0.5) is 11.4 Å². The van der Waals surface area contributed by atoms with Gasteiger partial charge in [-0.3, -0.25) is 10.1 Å². The molecule has 2 rings (SSSR count). The molecule has 0 bridgehead atoms. The van der Waals surface area contributed by atoms with Crippen molar-refractivity contribution < 1.29 is 14.5 Å². The van der Waals surface area contributed by atoms with Crippen LogP contribution in [0.2, 0.25) is 0 Å². The van der Waals surface area contributed by atoms with Crippen molar-refractivity contribution in [1.82, 2.24) is 0 Å². The van der Waals surface area contributed by atoms with Gasteiger partial charge in [0.05, 0.1) is 10.5 Å². The Morgan fingerprint density at radius 1 is 1.17 bits per heavy atom. The van der Waals surface area contributed by atoms with E-state index in [0.29, 0.717) is 12.2 Å². The molecule has 0 spiro atoms. The molecule has 6 heteroatoms. The molecule has 6 nitrogen and oxygen atoms in total. The smallest absolute Gasteiger partial charge is 0.341 e. The van der Waals surface area contributed by atoms with Crippen molar-refractivity contribution in [3.05, 3.63) is 69.8 Å². The standard InChI is InChI=1S/C18H20N2O4/c1-18(2,3)24-17(21)15-11-14(20(22)23)9-10-16(15)19-12-13-7-5-4-6-8-13/h4-11,19H,12H2,1-3H3. The van der Waals surface area contributed by atoms with E-state index in [-0.39, 0.29) is 11.3 Å². The van der Waals surface area contributed by atoms with Crippen LogP contribution in [0, 0.1) is 10.1 Å². The van der Waals surface area contributed by atoms with Gasteiger partial charge in [-0.2, -0.15) is 0 Å². The molecule has 0 fully saturated rings. The van der Waals surface area contributed by atoms with Crippen molar-refractivity contribution in [1.29, 1.82) is 0 Å². The number of nitrogens with one attached hydrogen (secondary N) is 1. The summed E-state index contributed by atoms with van der Waals surface area (Å²) < 4.78 is 5.35. The molecule has 1 N–H and O–H groups in total. The number of nitro groups is 1. The molecule has 0 aromatic heterocycles. The molecule has 0 aliphatic carbocycles. The molecule has 0 heterocycles. The fourth-order valence-electron chi connectivity index (χ4n) is 2.10. The molecule has 0 amide bonds. The summed E-state index contributed by atoms with van der Waals surface area (Å²) in [5.74, 6) is -0.596. The average Bonchev–Trinajstić information content (AvgIpc) is 2.52. The predicted molar refractivity (Wildman–Crippen MR) is 92.0 cm³/mol. The van der Waals surface area contributed by atoms with Gasteiger partial charge in [0, 0.05) is 24.4 Å². The Labute approximate surface area is 140 Å². The maximum atomic E-state index is 12.4. The number of esters is 1. The summed E-state index contributed by atoms with van der Waals surface area (Å²) in [5, 5.41) is 14.1. The van der Waals surface area contributed by atoms with Crippen molar-refractivity contribution >= 4 is 17.3 Å². The molecule has 0 radical (unpaired) electrons. The Morgan fingerprint density at radius 3 is 2.42 bits per heavy atom. The first-order valence-electron chi connectivity index (χ1n) is 7.56. The molecule has 0 atom stereocenters. The van der Waals surface area contributed by atoms with Gasteiger partial charge in [-0.1, -0.05) is 30.3 Å². The minimum Gasteiger partial charge on any atom is -0.456 e. The number of rotatable bonds is 5. The van der Waals surface area contributed by atoms with Crippen LogP contribution in [-0.2, 0) is 11.3 Å². The summed E-state index contributed by atoms with van der Waals surface area (Å²) in [6.07, 6.45) is 0. The van der Waals surface area contributed by atoms with E-state index in [9.17, 15) is 14.9 Å². The van der Waals surface area contributed by atoms with E-state index < -0.39 is 16.5 Å². The van der Waals surface area contributed by atoms with E-state index in [1.807, 2.05) is 30.3 Å².